The van der Waals surface area contributed by atoms with E-state index in [0.29, 0.717) is 22.0 Å². The zero-order chi connectivity index (χ0) is 29.5. The Kier molecular flexibility index (Phi) is 6.56. The third-order valence-corrected chi connectivity index (χ3v) is 8.40. The highest BCUT2D eigenvalue weighted by Gasteiger charge is 2.28. The van der Waals surface area contributed by atoms with Crippen LogP contribution in [-0.2, 0) is 0 Å². The first-order valence-electron chi connectivity index (χ1n) is 13.7. The van der Waals surface area contributed by atoms with Gasteiger partial charge in [0.1, 0.15) is 5.75 Å². The van der Waals surface area contributed by atoms with Crippen LogP contribution in [0.1, 0.15) is 22.7 Å². The number of hydrogen-bond acceptors (Lipinski definition) is 7. The molecule has 0 aliphatic heterocycles. The first-order valence-corrected chi connectivity index (χ1v) is 14.5. The number of anilines is 1. The molecule has 0 radical (unpaired) electrons. The van der Waals surface area contributed by atoms with Gasteiger partial charge >= 0.3 is 0 Å². The molecule has 2 N–H and O–H groups in total. The SMILES string of the molecule is Cc1ccc2nc(NC(c3cn(-c4ccccc4)nc3-c3cccc([N+](=O)[O-])c3)c3c(O)ccc4ccccc34)sc2c1. The normalized spacial score (nSPS) is 12.0. The molecule has 0 aliphatic carbocycles. The van der Waals surface area contributed by atoms with Gasteiger partial charge in [0.25, 0.3) is 5.69 Å². The molecule has 0 amide bonds. The second-order valence-electron chi connectivity index (χ2n) is 10.3. The number of nitro groups is 1. The van der Waals surface area contributed by atoms with Gasteiger partial charge in [-0.2, -0.15) is 5.10 Å². The fourth-order valence-electron chi connectivity index (χ4n) is 5.41. The summed E-state index contributed by atoms with van der Waals surface area (Å²) in [7, 11) is 0. The maximum absolute atomic E-state index is 11.7. The van der Waals surface area contributed by atoms with Gasteiger partial charge in [-0.05, 0) is 53.6 Å². The summed E-state index contributed by atoms with van der Waals surface area (Å²) in [6, 6.07) is 33.1. The second kappa shape index (κ2) is 10.7. The van der Waals surface area contributed by atoms with Gasteiger partial charge in [0.2, 0.25) is 0 Å². The largest absolute Gasteiger partial charge is 0.508 e. The molecule has 0 bridgehead atoms. The lowest BCUT2D eigenvalue weighted by atomic mass is 9.91. The minimum absolute atomic E-state index is 0.0308. The van der Waals surface area contributed by atoms with Gasteiger partial charge in [-0.25, -0.2) is 9.67 Å². The highest BCUT2D eigenvalue weighted by atomic mass is 32.1. The Bertz CT molecular complexity index is 2140. The van der Waals surface area contributed by atoms with E-state index in [1.54, 1.807) is 16.8 Å². The van der Waals surface area contributed by atoms with Gasteiger partial charge in [0, 0.05) is 35.0 Å². The van der Waals surface area contributed by atoms with E-state index >= 15 is 0 Å². The number of benzene rings is 5. The van der Waals surface area contributed by atoms with Gasteiger partial charge in [-0.1, -0.05) is 78.1 Å². The fraction of sp³-hybridized carbons (Fsp3) is 0.0588. The molecule has 8 nitrogen and oxygen atoms in total. The van der Waals surface area contributed by atoms with Crippen molar-refractivity contribution in [2.24, 2.45) is 0 Å². The third-order valence-electron chi connectivity index (χ3n) is 7.45. The molecule has 2 heterocycles. The first-order chi connectivity index (χ1) is 20.9. The Hall–Kier alpha value is -5.54. The van der Waals surface area contributed by atoms with Crippen LogP contribution < -0.4 is 5.32 Å². The average Bonchev–Trinajstić information content (AvgIpc) is 3.65. The lowest BCUT2D eigenvalue weighted by molar-refractivity contribution is -0.384. The Labute approximate surface area is 250 Å². The van der Waals surface area contributed by atoms with Crippen LogP contribution in [0.5, 0.6) is 5.75 Å². The molecule has 0 fully saturated rings. The Morgan fingerprint density at radius 1 is 0.930 bits per heavy atom. The van der Waals surface area contributed by atoms with E-state index in [1.807, 2.05) is 92.0 Å². The van der Waals surface area contributed by atoms with Gasteiger partial charge in [0.15, 0.2) is 5.13 Å². The summed E-state index contributed by atoms with van der Waals surface area (Å²) < 4.78 is 2.81. The highest BCUT2D eigenvalue weighted by molar-refractivity contribution is 7.22. The molecule has 0 spiro atoms. The summed E-state index contributed by atoms with van der Waals surface area (Å²) in [5.41, 5.74) is 5.34. The molecular weight excluding hydrogens is 558 g/mol. The molecule has 2 aromatic heterocycles. The van der Waals surface area contributed by atoms with Crippen LogP contribution in [0.4, 0.5) is 10.8 Å². The van der Waals surface area contributed by atoms with Crippen LogP contribution in [0.3, 0.4) is 0 Å². The van der Waals surface area contributed by atoms with E-state index in [-0.39, 0.29) is 11.4 Å². The minimum atomic E-state index is -0.612. The van der Waals surface area contributed by atoms with Gasteiger partial charge in [0.05, 0.1) is 32.6 Å². The molecule has 1 atom stereocenters. The predicted octanol–water partition coefficient (Wildman–Crippen LogP) is 8.43. The monoisotopic (exact) mass is 583 g/mol. The molecule has 9 heteroatoms. The number of nitro benzene ring substituents is 1. The van der Waals surface area contributed by atoms with E-state index < -0.39 is 11.0 Å². The van der Waals surface area contributed by atoms with E-state index in [2.05, 4.69) is 11.4 Å². The van der Waals surface area contributed by atoms with Gasteiger partial charge in [-0.15, -0.1) is 0 Å². The molecule has 0 aliphatic rings. The molecule has 7 aromatic rings. The van der Waals surface area contributed by atoms with Crippen LogP contribution in [0.2, 0.25) is 0 Å². The Morgan fingerprint density at radius 2 is 1.74 bits per heavy atom. The minimum Gasteiger partial charge on any atom is -0.508 e. The number of phenolic OH excluding ortho intramolecular Hbond substituents is 1. The van der Waals surface area contributed by atoms with Crippen molar-refractivity contribution in [3.63, 3.8) is 0 Å². The summed E-state index contributed by atoms with van der Waals surface area (Å²) in [5, 5.41) is 34.2. The molecule has 0 saturated carbocycles. The summed E-state index contributed by atoms with van der Waals surface area (Å²) in [6.45, 7) is 2.05. The maximum Gasteiger partial charge on any atom is 0.270 e. The van der Waals surface area contributed by atoms with E-state index in [0.717, 1.165) is 37.8 Å². The Balaban J connectivity index is 1.49. The molecule has 5 aromatic carbocycles. The summed E-state index contributed by atoms with van der Waals surface area (Å²) in [5.74, 6) is 0.116. The number of nitrogens with one attached hydrogen (secondary N) is 1. The number of phenols is 1. The van der Waals surface area contributed by atoms with Crippen molar-refractivity contribution in [2.45, 2.75) is 13.0 Å². The fourth-order valence-corrected chi connectivity index (χ4v) is 6.40. The third kappa shape index (κ3) is 4.96. The lowest BCUT2D eigenvalue weighted by Gasteiger charge is -2.22. The molecule has 7 rings (SSSR count). The van der Waals surface area contributed by atoms with Crippen molar-refractivity contribution in [3.05, 3.63) is 142 Å². The summed E-state index contributed by atoms with van der Waals surface area (Å²) >= 11 is 1.53. The number of rotatable bonds is 7. The highest BCUT2D eigenvalue weighted by Crippen LogP contribution is 2.42. The zero-order valence-corrected chi connectivity index (χ0v) is 23.8. The van der Waals surface area contributed by atoms with Crippen LogP contribution in [-0.4, -0.2) is 24.8 Å². The van der Waals surface area contributed by atoms with Gasteiger partial charge < -0.3 is 10.4 Å². The number of hydrogen-bond donors (Lipinski definition) is 2. The van der Waals surface area contributed by atoms with Crippen molar-refractivity contribution in [1.82, 2.24) is 14.8 Å². The van der Waals surface area contributed by atoms with Crippen LogP contribution in [0.25, 0.3) is 37.9 Å². The van der Waals surface area contributed by atoms with Crippen molar-refractivity contribution < 1.29 is 10.0 Å². The molecule has 0 saturated heterocycles. The quantitative estimate of drug-likeness (QED) is 0.144. The average molecular weight is 584 g/mol. The second-order valence-corrected chi connectivity index (χ2v) is 11.3. The standard InChI is InChI=1S/C34H25N5O3S/c1-21-14-16-28-30(18-21)43-34(35-28)36-33(31-26-13-6-5-8-22(26)15-17-29(31)40)27-20-38(24-10-3-2-4-11-24)37-32(27)23-9-7-12-25(19-23)39(41)42/h2-20,33,40H,1H3,(H,35,36). The van der Waals surface area contributed by atoms with E-state index in [9.17, 15) is 15.2 Å². The van der Waals surface area contributed by atoms with Crippen molar-refractivity contribution >= 4 is 43.1 Å². The smallest absolute Gasteiger partial charge is 0.270 e. The number of para-hydroxylation sites is 1. The van der Waals surface area contributed by atoms with Crippen molar-refractivity contribution in [1.29, 1.82) is 0 Å². The number of nitrogens with zero attached hydrogens (tertiary/aromatic N) is 4. The predicted molar refractivity (Wildman–Crippen MR) is 171 cm³/mol. The molecule has 43 heavy (non-hydrogen) atoms. The number of fused-ring (bicyclic) bond motifs is 2. The number of aromatic hydroxyl groups is 1. The van der Waals surface area contributed by atoms with Crippen LogP contribution in [0, 0.1) is 17.0 Å². The van der Waals surface area contributed by atoms with Crippen LogP contribution >= 0.6 is 11.3 Å². The topological polar surface area (TPSA) is 106 Å². The molecule has 1 unspecified atom stereocenters. The number of aromatic nitrogens is 3. The van der Waals surface area contributed by atoms with E-state index in [4.69, 9.17) is 10.1 Å². The lowest BCUT2D eigenvalue weighted by Crippen LogP contribution is -2.13. The van der Waals surface area contributed by atoms with E-state index in [1.165, 1.54) is 23.5 Å². The first kappa shape index (κ1) is 26.4. The number of aryl methyl sites for hydroxylation is 1. The van der Waals surface area contributed by atoms with Crippen molar-refractivity contribution in [2.75, 3.05) is 5.32 Å². The number of thiazole rings is 1. The maximum atomic E-state index is 11.7. The van der Waals surface area contributed by atoms with Crippen molar-refractivity contribution in [3.8, 4) is 22.7 Å². The van der Waals surface area contributed by atoms with Crippen LogP contribution in [0.15, 0.2) is 115 Å². The van der Waals surface area contributed by atoms with Gasteiger partial charge in [-0.3, -0.25) is 10.1 Å². The number of non-ortho nitro benzene ring substituents is 1. The zero-order valence-electron chi connectivity index (χ0n) is 23.0. The molecular formula is C34H25N5O3S. The summed E-state index contributed by atoms with van der Waals surface area (Å²) in [6.07, 6.45) is 1.92. The summed E-state index contributed by atoms with van der Waals surface area (Å²) in [4.78, 5) is 16.2. The Morgan fingerprint density at radius 3 is 2.58 bits per heavy atom. The molecule has 210 valence electrons.